The van der Waals surface area contributed by atoms with Gasteiger partial charge < -0.3 is 4.43 Å². The van der Waals surface area contributed by atoms with E-state index in [0.29, 0.717) is 6.10 Å². The zero-order valence-electron chi connectivity index (χ0n) is 7.38. The van der Waals surface area contributed by atoms with Crippen molar-refractivity contribution in [3.05, 3.63) is 25.3 Å². The normalized spacial score (nSPS) is 11.1. The zero-order chi connectivity index (χ0) is 8.53. The Labute approximate surface area is 72.1 Å². The summed E-state index contributed by atoms with van der Waals surface area (Å²) in [5.41, 5.74) is 0. The van der Waals surface area contributed by atoms with Gasteiger partial charge in [-0.25, -0.2) is 0 Å². The Morgan fingerprint density at radius 1 is 1.36 bits per heavy atom. The van der Waals surface area contributed by atoms with Crippen LogP contribution in [0.1, 0.15) is 19.8 Å². The molecule has 0 spiro atoms. The molecule has 0 fully saturated rings. The van der Waals surface area contributed by atoms with Crippen molar-refractivity contribution in [2.24, 2.45) is 0 Å². The highest BCUT2D eigenvalue weighted by Gasteiger charge is 2.02. The third kappa shape index (κ3) is 6.07. The molecule has 0 rings (SSSR count). The van der Waals surface area contributed by atoms with Gasteiger partial charge in [-0.05, 0) is 18.9 Å². The fourth-order valence-corrected chi connectivity index (χ4v) is 1.73. The second-order valence-electron chi connectivity index (χ2n) is 2.54. The van der Waals surface area contributed by atoms with Crippen LogP contribution in [-0.2, 0) is 4.43 Å². The van der Waals surface area contributed by atoms with Gasteiger partial charge in [-0.15, -0.1) is 13.2 Å². The van der Waals surface area contributed by atoms with Gasteiger partial charge in [-0.2, -0.15) is 0 Å². The Morgan fingerprint density at radius 3 is 2.27 bits per heavy atom. The first kappa shape index (κ1) is 10.7. The van der Waals surface area contributed by atoms with E-state index in [4.69, 9.17) is 4.43 Å². The van der Waals surface area contributed by atoms with Crippen LogP contribution in [0.3, 0.4) is 0 Å². The maximum absolute atomic E-state index is 5.67. The Kier molecular flexibility index (Phi) is 7.52. The molecule has 0 aromatic carbocycles. The molecular formula is C9H18OSi. The molecular weight excluding hydrogens is 152 g/mol. The topological polar surface area (TPSA) is 9.23 Å². The first-order chi connectivity index (χ1) is 5.35. The highest BCUT2D eigenvalue weighted by molar-refractivity contribution is 6.26. The van der Waals surface area contributed by atoms with Gasteiger partial charge in [0.1, 0.15) is 0 Å². The van der Waals surface area contributed by atoms with Crippen LogP contribution in [0.4, 0.5) is 0 Å². The lowest BCUT2D eigenvalue weighted by Gasteiger charge is -2.13. The standard InChI is InChI=1S/C9H18OSi/c1-4-7-9(8-5-2)10-11-6-3/h4-5,9H,1-2,6-8,11H2,3H3. The summed E-state index contributed by atoms with van der Waals surface area (Å²) in [6.07, 6.45) is 6.10. The molecule has 0 aromatic heterocycles. The monoisotopic (exact) mass is 170 g/mol. The lowest BCUT2D eigenvalue weighted by atomic mass is 10.2. The average molecular weight is 170 g/mol. The SMILES string of the molecule is C=CCC(CC=C)O[SiH2]CC. The molecule has 0 aliphatic rings. The van der Waals surface area contributed by atoms with Crippen molar-refractivity contribution in [3.63, 3.8) is 0 Å². The van der Waals surface area contributed by atoms with E-state index >= 15 is 0 Å². The van der Waals surface area contributed by atoms with Crippen LogP contribution in [0, 0.1) is 0 Å². The van der Waals surface area contributed by atoms with Crippen molar-refractivity contribution >= 4 is 9.76 Å². The van der Waals surface area contributed by atoms with Crippen molar-refractivity contribution in [1.82, 2.24) is 0 Å². The van der Waals surface area contributed by atoms with Crippen LogP contribution < -0.4 is 0 Å². The summed E-state index contributed by atoms with van der Waals surface area (Å²) >= 11 is 0. The number of hydrogen-bond acceptors (Lipinski definition) is 1. The van der Waals surface area contributed by atoms with Gasteiger partial charge in [-0.3, -0.25) is 0 Å². The first-order valence-electron chi connectivity index (χ1n) is 4.18. The molecule has 2 heteroatoms. The van der Waals surface area contributed by atoms with E-state index in [1.807, 2.05) is 12.2 Å². The predicted octanol–water partition coefficient (Wildman–Crippen LogP) is 2.05. The van der Waals surface area contributed by atoms with Gasteiger partial charge in [-0.1, -0.05) is 19.1 Å². The predicted molar refractivity (Wildman–Crippen MR) is 53.5 cm³/mol. The van der Waals surface area contributed by atoms with E-state index in [0.717, 1.165) is 12.8 Å². The van der Waals surface area contributed by atoms with E-state index in [1.54, 1.807) is 0 Å². The molecule has 0 N–H and O–H groups in total. The van der Waals surface area contributed by atoms with Gasteiger partial charge in [0.2, 0.25) is 0 Å². The van der Waals surface area contributed by atoms with Crippen LogP contribution >= 0.6 is 0 Å². The molecule has 0 heterocycles. The van der Waals surface area contributed by atoms with Gasteiger partial charge >= 0.3 is 0 Å². The van der Waals surface area contributed by atoms with Crippen molar-refractivity contribution in [2.75, 3.05) is 0 Å². The molecule has 0 bridgehead atoms. The van der Waals surface area contributed by atoms with Gasteiger partial charge in [0.25, 0.3) is 0 Å². The average Bonchev–Trinajstić information content (AvgIpc) is 2.01. The number of hydrogen-bond donors (Lipinski definition) is 0. The summed E-state index contributed by atoms with van der Waals surface area (Å²) in [7, 11) is -0.262. The molecule has 64 valence electrons. The van der Waals surface area contributed by atoms with Crippen LogP contribution in [0.2, 0.25) is 6.04 Å². The molecule has 0 amide bonds. The zero-order valence-corrected chi connectivity index (χ0v) is 8.80. The highest BCUT2D eigenvalue weighted by Crippen LogP contribution is 2.04. The molecule has 11 heavy (non-hydrogen) atoms. The van der Waals surface area contributed by atoms with Crippen LogP contribution in [0.15, 0.2) is 25.3 Å². The third-order valence-corrected chi connectivity index (χ3v) is 2.53. The summed E-state index contributed by atoms with van der Waals surface area (Å²) in [5.74, 6) is 0. The van der Waals surface area contributed by atoms with Crippen LogP contribution in [0.25, 0.3) is 0 Å². The second-order valence-corrected chi connectivity index (χ2v) is 4.28. The Morgan fingerprint density at radius 2 is 1.91 bits per heavy atom. The summed E-state index contributed by atoms with van der Waals surface area (Å²) in [6.45, 7) is 9.56. The minimum Gasteiger partial charge on any atom is -0.420 e. The quantitative estimate of drug-likeness (QED) is 0.420. The van der Waals surface area contributed by atoms with E-state index in [2.05, 4.69) is 20.1 Å². The smallest absolute Gasteiger partial charge is 0.161 e. The van der Waals surface area contributed by atoms with E-state index in [9.17, 15) is 0 Å². The Bertz CT molecular complexity index is 102. The number of rotatable bonds is 7. The summed E-state index contributed by atoms with van der Waals surface area (Å²) in [4.78, 5) is 0. The minimum absolute atomic E-state index is 0.262. The molecule has 0 unspecified atom stereocenters. The van der Waals surface area contributed by atoms with Gasteiger partial charge in [0.05, 0.1) is 6.10 Å². The van der Waals surface area contributed by atoms with Crippen molar-refractivity contribution < 1.29 is 4.43 Å². The fourth-order valence-electron chi connectivity index (χ4n) is 0.889. The molecule has 0 aliphatic carbocycles. The molecule has 0 aliphatic heterocycles. The Balaban J connectivity index is 3.49. The van der Waals surface area contributed by atoms with Gasteiger partial charge in [0.15, 0.2) is 9.76 Å². The molecule has 1 nitrogen and oxygen atoms in total. The van der Waals surface area contributed by atoms with Crippen molar-refractivity contribution in [3.8, 4) is 0 Å². The van der Waals surface area contributed by atoms with Crippen LogP contribution in [-0.4, -0.2) is 15.9 Å². The molecule has 0 saturated carbocycles. The van der Waals surface area contributed by atoms with Crippen molar-refractivity contribution in [2.45, 2.75) is 31.9 Å². The van der Waals surface area contributed by atoms with Crippen molar-refractivity contribution in [1.29, 1.82) is 0 Å². The van der Waals surface area contributed by atoms with Gasteiger partial charge in [0, 0.05) is 0 Å². The third-order valence-electron chi connectivity index (χ3n) is 1.42. The van der Waals surface area contributed by atoms with E-state index in [1.165, 1.54) is 6.04 Å². The highest BCUT2D eigenvalue weighted by atomic mass is 28.2. The summed E-state index contributed by atoms with van der Waals surface area (Å²) in [6, 6.07) is 1.21. The van der Waals surface area contributed by atoms with E-state index < -0.39 is 0 Å². The summed E-state index contributed by atoms with van der Waals surface area (Å²) in [5, 5.41) is 0. The molecule has 0 saturated heterocycles. The van der Waals surface area contributed by atoms with Crippen LogP contribution in [0.5, 0.6) is 0 Å². The molecule has 0 aromatic rings. The maximum atomic E-state index is 5.67. The van der Waals surface area contributed by atoms with E-state index in [-0.39, 0.29) is 9.76 Å². The second kappa shape index (κ2) is 7.76. The lowest BCUT2D eigenvalue weighted by Crippen LogP contribution is -2.13. The summed E-state index contributed by atoms with van der Waals surface area (Å²) < 4.78 is 5.67. The Hall–Kier alpha value is -0.343. The largest absolute Gasteiger partial charge is 0.420 e. The maximum Gasteiger partial charge on any atom is 0.161 e. The molecule has 0 radical (unpaired) electrons. The lowest BCUT2D eigenvalue weighted by molar-refractivity contribution is 0.219. The minimum atomic E-state index is -0.262. The first-order valence-corrected chi connectivity index (χ1v) is 5.76. The fraction of sp³-hybridized carbons (Fsp3) is 0.556. The molecule has 0 atom stereocenters.